The summed E-state index contributed by atoms with van der Waals surface area (Å²) in [6, 6.07) is 13.3. The van der Waals surface area contributed by atoms with Gasteiger partial charge < -0.3 is 15.2 Å². The van der Waals surface area contributed by atoms with Gasteiger partial charge in [0.25, 0.3) is 0 Å². The number of carbonyl (C=O) groups excluding carboxylic acids is 1. The number of hydrogen-bond donors (Lipinski definition) is 2. The molecule has 5 heteroatoms. The fourth-order valence-corrected chi connectivity index (χ4v) is 2.81. The predicted octanol–water partition coefficient (Wildman–Crippen LogP) is 2.40. The number of rotatable bonds is 4. The molecule has 3 rings (SSSR count). The van der Waals surface area contributed by atoms with Gasteiger partial charge in [0, 0.05) is 0 Å². The van der Waals surface area contributed by atoms with Crippen molar-refractivity contribution in [3.05, 3.63) is 65.5 Å². The average molecular weight is 329 g/mol. The van der Waals surface area contributed by atoms with Gasteiger partial charge in [0.05, 0.1) is 12.5 Å². The first-order chi connectivity index (χ1) is 11.5. The maximum absolute atomic E-state index is 13.0. The molecule has 2 unspecified atom stereocenters. The van der Waals surface area contributed by atoms with Crippen LogP contribution in [0.4, 0.5) is 4.39 Å². The number of hydrogen-bond acceptors (Lipinski definition) is 3. The maximum Gasteiger partial charge on any atom is 0.227 e. The second kappa shape index (κ2) is 6.61. The highest BCUT2D eigenvalue weighted by Gasteiger charge is 2.29. The van der Waals surface area contributed by atoms with Crippen LogP contribution in [0.3, 0.4) is 0 Å². The van der Waals surface area contributed by atoms with E-state index in [1.54, 1.807) is 6.92 Å². The number of benzene rings is 2. The molecule has 0 radical (unpaired) electrons. The highest BCUT2D eigenvalue weighted by atomic mass is 19.1. The fourth-order valence-electron chi connectivity index (χ4n) is 2.81. The third-order valence-electron chi connectivity index (χ3n) is 4.32. The quantitative estimate of drug-likeness (QED) is 0.906. The first-order valence-corrected chi connectivity index (χ1v) is 7.92. The Labute approximate surface area is 140 Å². The summed E-state index contributed by atoms with van der Waals surface area (Å²) in [6.45, 7) is 1.96. The molecule has 2 atom stereocenters. The summed E-state index contributed by atoms with van der Waals surface area (Å²) >= 11 is 0. The molecule has 126 valence electrons. The molecule has 0 fully saturated rings. The Hall–Kier alpha value is -2.40. The largest absolute Gasteiger partial charge is 0.492 e. The zero-order valence-electron chi connectivity index (χ0n) is 13.5. The zero-order chi connectivity index (χ0) is 17.2. The van der Waals surface area contributed by atoms with Crippen molar-refractivity contribution in [3.63, 3.8) is 0 Å². The summed E-state index contributed by atoms with van der Waals surface area (Å²) in [6.07, 6.45) is 0.612. The smallest absolute Gasteiger partial charge is 0.227 e. The Balaban J connectivity index is 1.60. The van der Waals surface area contributed by atoms with Gasteiger partial charge in [-0.2, -0.15) is 0 Å². The van der Waals surface area contributed by atoms with Gasteiger partial charge in [-0.3, -0.25) is 4.79 Å². The number of fused-ring (bicyclic) bond motifs is 1. The lowest BCUT2D eigenvalue weighted by atomic mass is 9.94. The molecule has 0 bridgehead atoms. The van der Waals surface area contributed by atoms with Crippen molar-refractivity contribution < 1.29 is 19.0 Å². The van der Waals surface area contributed by atoms with Gasteiger partial charge >= 0.3 is 0 Å². The second-order valence-electron chi connectivity index (χ2n) is 6.32. The molecule has 0 aliphatic carbocycles. The van der Waals surface area contributed by atoms with E-state index in [0.29, 0.717) is 18.6 Å². The minimum atomic E-state index is -1.27. The Bertz CT molecular complexity index is 728. The van der Waals surface area contributed by atoms with Crippen LogP contribution in [0.25, 0.3) is 0 Å². The second-order valence-corrected chi connectivity index (χ2v) is 6.32. The zero-order valence-corrected chi connectivity index (χ0v) is 13.5. The first kappa shape index (κ1) is 16.5. The van der Waals surface area contributed by atoms with Crippen LogP contribution >= 0.6 is 0 Å². The molecule has 2 aromatic rings. The molecule has 1 heterocycles. The molecule has 4 nitrogen and oxygen atoms in total. The molecule has 1 aliphatic rings. The summed E-state index contributed by atoms with van der Waals surface area (Å²) in [5.41, 5.74) is 0.292. The first-order valence-electron chi connectivity index (χ1n) is 7.92. The highest BCUT2D eigenvalue weighted by Crippen LogP contribution is 2.27. The molecule has 0 aromatic heterocycles. The Morgan fingerprint density at radius 3 is 2.75 bits per heavy atom. The normalized spacial score (nSPS) is 18.9. The molecule has 24 heavy (non-hydrogen) atoms. The topological polar surface area (TPSA) is 58.6 Å². The third kappa shape index (κ3) is 3.57. The van der Waals surface area contributed by atoms with Crippen LogP contribution in [0.5, 0.6) is 5.75 Å². The van der Waals surface area contributed by atoms with Crippen LogP contribution in [0.2, 0.25) is 0 Å². The number of halogens is 1. The van der Waals surface area contributed by atoms with Gasteiger partial charge in [-0.25, -0.2) is 4.39 Å². The number of para-hydroxylation sites is 1. The van der Waals surface area contributed by atoms with E-state index in [1.165, 1.54) is 24.3 Å². The summed E-state index contributed by atoms with van der Waals surface area (Å²) < 4.78 is 18.6. The van der Waals surface area contributed by atoms with E-state index < -0.39 is 5.60 Å². The molecule has 0 saturated carbocycles. The number of aliphatic hydroxyl groups is 1. The van der Waals surface area contributed by atoms with Crippen LogP contribution in [0.1, 0.15) is 18.1 Å². The molecule has 1 amide bonds. The molecule has 0 spiro atoms. The Morgan fingerprint density at radius 1 is 1.29 bits per heavy atom. The maximum atomic E-state index is 13.0. The van der Waals surface area contributed by atoms with Crippen molar-refractivity contribution in [1.82, 2.24) is 5.32 Å². The lowest BCUT2D eigenvalue weighted by molar-refractivity contribution is -0.127. The van der Waals surface area contributed by atoms with E-state index in [4.69, 9.17) is 4.74 Å². The molecule has 2 aromatic carbocycles. The summed E-state index contributed by atoms with van der Waals surface area (Å²) in [5.74, 6) is 0.00673. The average Bonchev–Trinajstić information content (AvgIpc) is 2.59. The molecular formula is C19H20FNO3. The lowest BCUT2D eigenvalue weighted by Gasteiger charge is -2.28. The number of amides is 1. The molecule has 1 aliphatic heterocycles. The fraction of sp³-hybridized carbons (Fsp3) is 0.316. The standard InChI is InChI=1S/C19H20FNO3/c1-19(23,15-6-8-16(20)9-7-15)12-21-18(22)14-10-13-4-2-3-5-17(13)24-11-14/h2-9,14,23H,10-12H2,1H3,(H,21,22). The van der Waals surface area contributed by atoms with Crippen molar-refractivity contribution in [2.24, 2.45) is 5.92 Å². The van der Waals surface area contributed by atoms with E-state index in [-0.39, 0.29) is 24.2 Å². The minimum Gasteiger partial charge on any atom is -0.492 e. The number of nitrogens with one attached hydrogen (secondary N) is 1. The van der Waals surface area contributed by atoms with Gasteiger partial charge in [-0.05, 0) is 42.7 Å². The summed E-state index contributed by atoms with van der Waals surface area (Å²) in [7, 11) is 0. The number of carbonyl (C=O) groups is 1. The summed E-state index contributed by atoms with van der Waals surface area (Å²) in [4.78, 5) is 12.4. The Kier molecular flexibility index (Phi) is 4.53. The summed E-state index contributed by atoms with van der Waals surface area (Å²) in [5, 5.41) is 13.3. The monoisotopic (exact) mass is 329 g/mol. The van der Waals surface area contributed by atoms with E-state index in [0.717, 1.165) is 11.3 Å². The van der Waals surface area contributed by atoms with Gasteiger partial charge in [0.1, 0.15) is 23.8 Å². The number of ether oxygens (including phenoxy) is 1. The predicted molar refractivity (Wildman–Crippen MR) is 88.1 cm³/mol. The van der Waals surface area contributed by atoms with Gasteiger partial charge in [-0.1, -0.05) is 30.3 Å². The highest BCUT2D eigenvalue weighted by molar-refractivity contribution is 5.79. The minimum absolute atomic E-state index is 0.0512. The molecular weight excluding hydrogens is 309 g/mol. The van der Waals surface area contributed by atoms with Gasteiger partial charge in [0.2, 0.25) is 5.91 Å². The third-order valence-corrected chi connectivity index (χ3v) is 4.32. The van der Waals surface area contributed by atoms with Crippen molar-refractivity contribution in [1.29, 1.82) is 0 Å². The van der Waals surface area contributed by atoms with Crippen LogP contribution in [0.15, 0.2) is 48.5 Å². The van der Waals surface area contributed by atoms with Crippen LogP contribution in [-0.4, -0.2) is 24.2 Å². The van der Waals surface area contributed by atoms with E-state index in [9.17, 15) is 14.3 Å². The van der Waals surface area contributed by atoms with Crippen molar-refractivity contribution in [2.75, 3.05) is 13.2 Å². The van der Waals surface area contributed by atoms with Crippen LogP contribution in [-0.2, 0) is 16.8 Å². The molecule has 2 N–H and O–H groups in total. The van der Waals surface area contributed by atoms with Crippen molar-refractivity contribution >= 4 is 5.91 Å². The van der Waals surface area contributed by atoms with Gasteiger partial charge in [0.15, 0.2) is 0 Å². The van der Waals surface area contributed by atoms with Crippen LogP contribution < -0.4 is 10.1 Å². The lowest BCUT2D eigenvalue weighted by Crippen LogP contribution is -2.43. The van der Waals surface area contributed by atoms with Crippen molar-refractivity contribution in [2.45, 2.75) is 18.9 Å². The van der Waals surface area contributed by atoms with Gasteiger partial charge in [-0.15, -0.1) is 0 Å². The van der Waals surface area contributed by atoms with E-state index in [1.807, 2.05) is 24.3 Å². The molecule has 0 saturated heterocycles. The van der Waals surface area contributed by atoms with E-state index in [2.05, 4.69) is 5.32 Å². The SMILES string of the molecule is CC(O)(CNC(=O)C1COc2ccccc2C1)c1ccc(F)cc1. The van der Waals surface area contributed by atoms with E-state index >= 15 is 0 Å². The van der Waals surface area contributed by atoms with Crippen molar-refractivity contribution in [3.8, 4) is 5.75 Å². The van der Waals surface area contributed by atoms with Crippen LogP contribution in [0, 0.1) is 11.7 Å². The Morgan fingerprint density at radius 2 is 2.00 bits per heavy atom.